The van der Waals surface area contributed by atoms with E-state index in [0.29, 0.717) is 5.56 Å². The third kappa shape index (κ3) is 2.85. The number of nitrogens with one attached hydrogen (secondary N) is 1. The van der Waals surface area contributed by atoms with Crippen molar-refractivity contribution in [3.05, 3.63) is 65.5 Å². The number of hydrogen-bond donors (Lipinski definition) is 1. The summed E-state index contributed by atoms with van der Waals surface area (Å²) in [6.07, 6.45) is 0. The van der Waals surface area contributed by atoms with Gasteiger partial charge in [0.15, 0.2) is 5.78 Å². The summed E-state index contributed by atoms with van der Waals surface area (Å²) in [6.45, 7) is 1.27. The minimum Gasteiger partial charge on any atom is -0.323 e. The van der Waals surface area contributed by atoms with Crippen molar-refractivity contribution < 1.29 is 14.0 Å². The van der Waals surface area contributed by atoms with Crippen LogP contribution < -0.4 is 5.32 Å². The first kappa shape index (κ1) is 13.0. The highest BCUT2D eigenvalue weighted by Crippen LogP contribution is 2.22. The van der Waals surface area contributed by atoms with Crippen LogP contribution >= 0.6 is 0 Å². The van der Waals surface area contributed by atoms with E-state index in [1.807, 2.05) is 0 Å². The van der Waals surface area contributed by atoms with Crippen molar-refractivity contribution >= 4 is 17.4 Å². The molecule has 96 valence electrons. The van der Waals surface area contributed by atoms with Gasteiger partial charge in [0.05, 0.1) is 5.69 Å². The van der Waals surface area contributed by atoms with Crippen LogP contribution in [0.2, 0.25) is 0 Å². The van der Waals surface area contributed by atoms with Crippen molar-refractivity contribution in [2.75, 3.05) is 5.32 Å². The van der Waals surface area contributed by atoms with Crippen LogP contribution in [-0.2, 0) is 4.79 Å². The summed E-state index contributed by atoms with van der Waals surface area (Å²) in [7, 11) is 0. The summed E-state index contributed by atoms with van der Waals surface area (Å²) in [5, 5.41) is 2.36. The highest BCUT2D eigenvalue weighted by atomic mass is 19.1. The molecular formula is C15H12FNO2. The number of para-hydroxylation sites is 1. The van der Waals surface area contributed by atoms with Gasteiger partial charge in [-0.3, -0.25) is 9.59 Å². The molecule has 0 aromatic heterocycles. The van der Waals surface area contributed by atoms with Gasteiger partial charge in [-0.1, -0.05) is 36.4 Å². The molecule has 0 spiro atoms. The summed E-state index contributed by atoms with van der Waals surface area (Å²) in [5.41, 5.74) is 0.505. The van der Waals surface area contributed by atoms with Crippen molar-refractivity contribution in [1.82, 2.24) is 0 Å². The third-order valence-corrected chi connectivity index (χ3v) is 2.60. The van der Waals surface area contributed by atoms with Crippen molar-refractivity contribution in [2.24, 2.45) is 0 Å². The van der Waals surface area contributed by atoms with E-state index in [0.717, 1.165) is 0 Å². The second kappa shape index (κ2) is 5.44. The summed E-state index contributed by atoms with van der Waals surface area (Å²) in [6, 6.07) is 12.7. The maximum absolute atomic E-state index is 13.7. The van der Waals surface area contributed by atoms with Crippen LogP contribution in [0.5, 0.6) is 0 Å². The molecule has 1 N–H and O–H groups in total. The Hall–Kier alpha value is -2.49. The van der Waals surface area contributed by atoms with Crippen LogP contribution in [0.1, 0.15) is 22.8 Å². The molecule has 0 aliphatic carbocycles. The lowest BCUT2D eigenvalue weighted by Gasteiger charge is -2.10. The van der Waals surface area contributed by atoms with Gasteiger partial charge in [-0.05, 0) is 12.1 Å². The molecule has 1 amide bonds. The van der Waals surface area contributed by atoms with E-state index in [1.54, 1.807) is 30.3 Å². The van der Waals surface area contributed by atoms with E-state index in [-0.39, 0.29) is 17.0 Å². The molecule has 0 aliphatic heterocycles. The van der Waals surface area contributed by atoms with Gasteiger partial charge in [-0.2, -0.15) is 0 Å². The minimum absolute atomic E-state index is 0.0798. The third-order valence-electron chi connectivity index (χ3n) is 2.60. The monoisotopic (exact) mass is 257 g/mol. The van der Waals surface area contributed by atoms with E-state index >= 15 is 0 Å². The number of amides is 1. The van der Waals surface area contributed by atoms with Gasteiger partial charge in [0.1, 0.15) is 5.82 Å². The number of carbonyl (C=O) groups excluding carboxylic acids is 2. The zero-order valence-corrected chi connectivity index (χ0v) is 10.3. The largest absolute Gasteiger partial charge is 0.323 e. The first-order valence-corrected chi connectivity index (χ1v) is 5.75. The molecule has 3 nitrogen and oxygen atoms in total. The number of benzene rings is 2. The number of anilines is 1. The van der Waals surface area contributed by atoms with Gasteiger partial charge in [-0.15, -0.1) is 0 Å². The fraction of sp³-hybridized carbons (Fsp3) is 0.0667. The van der Waals surface area contributed by atoms with Gasteiger partial charge in [0.2, 0.25) is 5.91 Å². The highest BCUT2D eigenvalue weighted by Gasteiger charge is 2.17. The molecule has 0 saturated heterocycles. The molecule has 4 heteroatoms. The number of carbonyl (C=O) groups is 2. The maximum Gasteiger partial charge on any atom is 0.221 e. The molecule has 0 bridgehead atoms. The smallest absolute Gasteiger partial charge is 0.221 e. The van der Waals surface area contributed by atoms with Crippen molar-refractivity contribution in [1.29, 1.82) is 0 Å². The van der Waals surface area contributed by atoms with E-state index in [4.69, 9.17) is 0 Å². The number of halogens is 1. The molecule has 2 aromatic rings. The lowest BCUT2D eigenvalue weighted by atomic mass is 10.0. The molecule has 2 aromatic carbocycles. The summed E-state index contributed by atoms with van der Waals surface area (Å²) in [5.74, 6) is -1.38. The zero-order valence-electron chi connectivity index (χ0n) is 10.3. The Bertz CT molecular complexity index is 623. The maximum atomic E-state index is 13.7. The molecule has 0 heterocycles. The second-order valence-corrected chi connectivity index (χ2v) is 4.04. The molecule has 0 fully saturated rings. The normalized spacial score (nSPS) is 10.0. The Balaban J connectivity index is 2.48. The van der Waals surface area contributed by atoms with Crippen LogP contribution in [-0.4, -0.2) is 11.7 Å². The Kier molecular flexibility index (Phi) is 3.71. The first-order valence-electron chi connectivity index (χ1n) is 5.75. The van der Waals surface area contributed by atoms with E-state index < -0.39 is 11.7 Å². The van der Waals surface area contributed by atoms with E-state index in [1.165, 1.54) is 25.1 Å². The molecule has 19 heavy (non-hydrogen) atoms. The molecule has 2 rings (SSSR count). The summed E-state index contributed by atoms with van der Waals surface area (Å²) in [4.78, 5) is 23.4. The Morgan fingerprint density at radius 1 is 1.00 bits per heavy atom. The standard InChI is InChI=1S/C15H12FNO2/c1-10(18)17-14-12(8-5-9-13(14)16)15(19)11-6-3-2-4-7-11/h2-9H,1H3,(H,17,18). The van der Waals surface area contributed by atoms with Gasteiger partial charge >= 0.3 is 0 Å². The molecule has 0 unspecified atom stereocenters. The Morgan fingerprint density at radius 3 is 2.32 bits per heavy atom. The first-order chi connectivity index (χ1) is 9.09. The molecule has 0 atom stereocenters. The lowest BCUT2D eigenvalue weighted by molar-refractivity contribution is -0.114. The average molecular weight is 257 g/mol. The van der Waals surface area contributed by atoms with Crippen LogP contribution in [0.25, 0.3) is 0 Å². The summed E-state index contributed by atoms with van der Waals surface area (Å²) >= 11 is 0. The van der Waals surface area contributed by atoms with Crippen LogP contribution in [0.15, 0.2) is 48.5 Å². The number of rotatable bonds is 3. The van der Waals surface area contributed by atoms with Gasteiger partial charge in [-0.25, -0.2) is 4.39 Å². The van der Waals surface area contributed by atoms with E-state index in [2.05, 4.69) is 5.32 Å². The molecule has 0 aliphatic rings. The fourth-order valence-corrected chi connectivity index (χ4v) is 1.76. The minimum atomic E-state index is -0.628. The molecular weight excluding hydrogens is 245 g/mol. The van der Waals surface area contributed by atoms with Gasteiger partial charge in [0.25, 0.3) is 0 Å². The van der Waals surface area contributed by atoms with E-state index in [9.17, 15) is 14.0 Å². The predicted octanol–water partition coefficient (Wildman–Crippen LogP) is 3.02. The number of hydrogen-bond acceptors (Lipinski definition) is 2. The van der Waals surface area contributed by atoms with Crippen molar-refractivity contribution in [3.63, 3.8) is 0 Å². The SMILES string of the molecule is CC(=O)Nc1c(F)cccc1C(=O)c1ccccc1. The van der Waals surface area contributed by atoms with Gasteiger partial charge in [0, 0.05) is 18.1 Å². The zero-order chi connectivity index (χ0) is 13.8. The quantitative estimate of drug-likeness (QED) is 0.859. The average Bonchev–Trinajstić information content (AvgIpc) is 2.41. The van der Waals surface area contributed by atoms with Crippen LogP contribution in [0.4, 0.5) is 10.1 Å². The Labute approximate surface area is 110 Å². The number of ketones is 1. The second-order valence-electron chi connectivity index (χ2n) is 4.04. The fourth-order valence-electron chi connectivity index (χ4n) is 1.76. The molecule has 0 saturated carbocycles. The Morgan fingerprint density at radius 2 is 1.68 bits per heavy atom. The highest BCUT2D eigenvalue weighted by molar-refractivity contribution is 6.13. The van der Waals surface area contributed by atoms with Crippen LogP contribution in [0.3, 0.4) is 0 Å². The van der Waals surface area contributed by atoms with Crippen molar-refractivity contribution in [3.8, 4) is 0 Å². The van der Waals surface area contributed by atoms with Crippen LogP contribution in [0, 0.1) is 5.82 Å². The lowest BCUT2D eigenvalue weighted by Crippen LogP contribution is -2.13. The van der Waals surface area contributed by atoms with Crippen molar-refractivity contribution in [2.45, 2.75) is 6.92 Å². The topological polar surface area (TPSA) is 46.2 Å². The predicted molar refractivity (Wildman–Crippen MR) is 70.6 cm³/mol. The molecule has 0 radical (unpaired) electrons. The summed E-state index contributed by atoms with van der Waals surface area (Å²) < 4.78 is 13.7. The van der Waals surface area contributed by atoms with Gasteiger partial charge < -0.3 is 5.32 Å².